The maximum absolute atomic E-state index is 10.7. The number of thioether (sulfide) groups is 1. The standard InChI is InChI=1S/C9H15NO6S/c1-5(11)10-6(8(13)14)4-17-3-2-7(12)9(15)16/h6-7,12H,2-4H2,1H3,(H,10,11)(H,13,14)(H,15,16)/t6-,7?/m0/s1. The van der Waals surface area contributed by atoms with Crippen molar-refractivity contribution in [2.45, 2.75) is 25.5 Å². The van der Waals surface area contributed by atoms with Gasteiger partial charge in [-0.2, -0.15) is 11.8 Å². The Labute approximate surface area is 102 Å². The molecule has 0 aromatic heterocycles. The number of aliphatic hydroxyl groups excluding tert-OH is 1. The molecule has 0 heterocycles. The number of hydrogen-bond donors (Lipinski definition) is 4. The molecule has 0 aliphatic carbocycles. The zero-order chi connectivity index (χ0) is 13.4. The van der Waals surface area contributed by atoms with Crippen LogP contribution in [0.4, 0.5) is 0 Å². The number of aliphatic carboxylic acids is 2. The quantitative estimate of drug-likeness (QED) is 0.421. The fourth-order valence-corrected chi connectivity index (χ4v) is 1.96. The van der Waals surface area contributed by atoms with Gasteiger partial charge in [0.25, 0.3) is 0 Å². The molecule has 4 N–H and O–H groups in total. The van der Waals surface area contributed by atoms with E-state index in [1.807, 2.05) is 0 Å². The van der Waals surface area contributed by atoms with Crippen molar-refractivity contribution in [2.75, 3.05) is 11.5 Å². The van der Waals surface area contributed by atoms with Gasteiger partial charge in [-0.3, -0.25) is 4.79 Å². The molecule has 0 aromatic rings. The van der Waals surface area contributed by atoms with E-state index in [9.17, 15) is 14.4 Å². The Morgan fingerprint density at radius 1 is 1.24 bits per heavy atom. The summed E-state index contributed by atoms with van der Waals surface area (Å²) in [4.78, 5) is 31.7. The van der Waals surface area contributed by atoms with Crippen molar-refractivity contribution >= 4 is 29.6 Å². The number of carboxylic acids is 2. The maximum Gasteiger partial charge on any atom is 0.332 e. The Morgan fingerprint density at radius 2 is 1.82 bits per heavy atom. The molecule has 0 radical (unpaired) electrons. The van der Waals surface area contributed by atoms with Crippen LogP contribution >= 0.6 is 11.8 Å². The van der Waals surface area contributed by atoms with Gasteiger partial charge in [-0.05, 0) is 12.2 Å². The zero-order valence-electron chi connectivity index (χ0n) is 9.25. The normalized spacial score (nSPS) is 13.8. The average molecular weight is 265 g/mol. The highest BCUT2D eigenvalue weighted by Gasteiger charge is 2.19. The lowest BCUT2D eigenvalue weighted by Gasteiger charge is -2.12. The van der Waals surface area contributed by atoms with Crippen molar-refractivity contribution < 1.29 is 29.7 Å². The monoisotopic (exact) mass is 265 g/mol. The highest BCUT2D eigenvalue weighted by molar-refractivity contribution is 7.99. The third-order valence-electron chi connectivity index (χ3n) is 1.78. The number of carbonyl (C=O) groups excluding carboxylic acids is 1. The molecule has 0 aliphatic heterocycles. The van der Waals surface area contributed by atoms with Gasteiger partial charge in [0.2, 0.25) is 5.91 Å². The van der Waals surface area contributed by atoms with Crippen LogP contribution in [0.3, 0.4) is 0 Å². The summed E-state index contributed by atoms with van der Waals surface area (Å²) in [5, 5.41) is 28.3. The third kappa shape index (κ3) is 7.58. The number of nitrogens with one attached hydrogen (secondary N) is 1. The Hall–Kier alpha value is -1.28. The first-order valence-corrected chi connectivity index (χ1v) is 5.98. The van der Waals surface area contributed by atoms with Crippen molar-refractivity contribution in [2.24, 2.45) is 0 Å². The second-order valence-electron chi connectivity index (χ2n) is 3.31. The molecule has 0 aliphatic rings. The van der Waals surface area contributed by atoms with E-state index in [0.29, 0.717) is 5.75 Å². The van der Waals surface area contributed by atoms with Crippen LogP contribution in [-0.2, 0) is 14.4 Å². The van der Waals surface area contributed by atoms with Crippen molar-refractivity contribution in [1.82, 2.24) is 5.32 Å². The van der Waals surface area contributed by atoms with Crippen LogP contribution in [0.2, 0.25) is 0 Å². The van der Waals surface area contributed by atoms with Crippen LogP contribution in [-0.4, -0.2) is 56.8 Å². The van der Waals surface area contributed by atoms with Gasteiger partial charge in [-0.1, -0.05) is 0 Å². The molecular formula is C9H15NO6S. The highest BCUT2D eigenvalue weighted by atomic mass is 32.2. The van der Waals surface area contributed by atoms with E-state index in [-0.39, 0.29) is 12.2 Å². The molecule has 0 bridgehead atoms. The van der Waals surface area contributed by atoms with Crippen LogP contribution in [0.5, 0.6) is 0 Å². The fraction of sp³-hybridized carbons (Fsp3) is 0.667. The zero-order valence-corrected chi connectivity index (χ0v) is 10.1. The second-order valence-corrected chi connectivity index (χ2v) is 4.46. The largest absolute Gasteiger partial charge is 0.480 e. The first-order valence-electron chi connectivity index (χ1n) is 4.83. The molecule has 0 rings (SSSR count). The molecule has 7 nitrogen and oxygen atoms in total. The van der Waals surface area contributed by atoms with Crippen LogP contribution in [0.1, 0.15) is 13.3 Å². The summed E-state index contributed by atoms with van der Waals surface area (Å²) >= 11 is 1.16. The van der Waals surface area contributed by atoms with Crippen molar-refractivity contribution in [3.8, 4) is 0 Å². The first kappa shape index (κ1) is 15.7. The molecule has 0 saturated carbocycles. The van der Waals surface area contributed by atoms with Crippen LogP contribution in [0.15, 0.2) is 0 Å². The molecule has 0 fully saturated rings. The lowest BCUT2D eigenvalue weighted by atomic mass is 10.3. The number of amides is 1. The molecule has 0 spiro atoms. The summed E-state index contributed by atoms with van der Waals surface area (Å²) in [7, 11) is 0. The molecule has 1 amide bonds. The Kier molecular flexibility index (Phi) is 7.31. The molecule has 8 heteroatoms. The number of rotatable bonds is 8. The molecule has 2 atom stereocenters. The summed E-state index contributed by atoms with van der Waals surface area (Å²) in [5.74, 6) is -2.46. The van der Waals surface area contributed by atoms with Crippen molar-refractivity contribution in [3.63, 3.8) is 0 Å². The third-order valence-corrected chi connectivity index (χ3v) is 2.87. The summed E-state index contributed by atoms with van der Waals surface area (Å²) in [6.07, 6.45) is -1.40. The minimum atomic E-state index is -1.44. The van der Waals surface area contributed by atoms with E-state index >= 15 is 0 Å². The predicted octanol–water partition coefficient (Wildman–Crippen LogP) is -0.855. The van der Waals surface area contributed by atoms with Gasteiger partial charge in [-0.15, -0.1) is 0 Å². The van der Waals surface area contributed by atoms with Gasteiger partial charge in [0.15, 0.2) is 6.10 Å². The number of hydrogen-bond acceptors (Lipinski definition) is 5. The van der Waals surface area contributed by atoms with Gasteiger partial charge in [0.1, 0.15) is 6.04 Å². The Bertz CT molecular complexity index is 295. The summed E-state index contributed by atoms with van der Waals surface area (Å²) in [6, 6.07) is -1.00. The Morgan fingerprint density at radius 3 is 2.24 bits per heavy atom. The second kappa shape index (κ2) is 7.91. The van der Waals surface area contributed by atoms with Gasteiger partial charge in [-0.25, -0.2) is 9.59 Å². The smallest absolute Gasteiger partial charge is 0.332 e. The summed E-state index contributed by atoms with van der Waals surface area (Å²) in [5.41, 5.74) is 0. The van der Waals surface area contributed by atoms with E-state index in [0.717, 1.165) is 11.8 Å². The molecule has 0 saturated heterocycles. The van der Waals surface area contributed by atoms with E-state index in [1.165, 1.54) is 6.92 Å². The predicted molar refractivity (Wildman–Crippen MR) is 60.8 cm³/mol. The lowest BCUT2D eigenvalue weighted by molar-refractivity contribution is -0.146. The molecule has 0 aromatic carbocycles. The highest BCUT2D eigenvalue weighted by Crippen LogP contribution is 2.07. The van der Waals surface area contributed by atoms with E-state index in [1.54, 1.807) is 0 Å². The molecular weight excluding hydrogens is 250 g/mol. The van der Waals surface area contributed by atoms with Crippen molar-refractivity contribution in [1.29, 1.82) is 0 Å². The topological polar surface area (TPSA) is 124 Å². The number of carboxylic acid groups (broad SMARTS) is 2. The SMILES string of the molecule is CC(=O)N[C@@H](CSCCC(O)C(=O)O)C(=O)O. The fourth-order valence-electron chi connectivity index (χ4n) is 0.940. The van der Waals surface area contributed by atoms with Gasteiger partial charge < -0.3 is 20.6 Å². The first-order chi connectivity index (χ1) is 7.84. The number of carbonyl (C=O) groups is 3. The van der Waals surface area contributed by atoms with E-state index in [2.05, 4.69) is 5.32 Å². The lowest BCUT2D eigenvalue weighted by Crippen LogP contribution is -2.41. The minimum absolute atomic E-state index is 0.0341. The van der Waals surface area contributed by atoms with E-state index < -0.39 is 30.0 Å². The molecule has 1 unspecified atom stereocenters. The minimum Gasteiger partial charge on any atom is -0.480 e. The van der Waals surface area contributed by atoms with Gasteiger partial charge >= 0.3 is 11.9 Å². The average Bonchev–Trinajstić information content (AvgIpc) is 2.21. The van der Waals surface area contributed by atoms with E-state index in [4.69, 9.17) is 15.3 Å². The summed E-state index contributed by atoms with van der Waals surface area (Å²) < 4.78 is 0. The van der Waals surface area contributed by atoms with Crippen LogP contribution in [0, 0.1) is 0 Å². The molecule has 17 heavy (non-hydrogen) atoms. The van der Waals surface area contributed by atoms with Gasteiger partial charge in [0, 0.05) is 12.7 Å². The van der Waals surface area contributed by atoms with Crippen LogP contribution in [0.25, 0.3) is 0 Å². The van der Waals surface area contributed by atoms with Crippen LogP contribution < -0.4 is 5.32 Å². The number of aliphatic hydroxyl groups is 1. The summed E-state index contributed by atoms with van der Waals surface area (Å²) in [6.45, 7) is 1.22. The molecule has 98 valence electrons. The maximum atomic E-state index is 10.7. The Balaban J connectivity index is 3.87. The van der Waals surface area contributed by atoms with Gasteiger partial charge in [0.05, 0.1) is 0 Å². The van der Waals surface area contributed by atoms with Crippen molar-refractivity contribution in [3.05, 3.63) is 0 Å².